The van der Waals surface area contributed by atoms with Gasteiger partial charge in [0.25, 0.3) is 0 Å². The van der Waals surface area contributed by atoms with Crippen LogP contribution in [0, 0.1) is 5.41 Å². The van der Waals surface area contributed by atoms with Gasteiger partial charge in [-0.05, 0) is 6.72 Å². The van der Waals surface area contributed by atoms with Gasteiger partial charge in [-0.25, -0.2) is 9.98 Å². The summed E-state index contributed by atoms with van der Waals surface area (Å²) in [5.74, 6) is -0.102. The number of nitrogens with one attached hydrogen (secondary N) is 1. The number of nitrogens with two attached hydrogens (primary N) is 1. The summed E-state index contributed by atoms with van der Waals surface area (Å²) in [6.07, 6.45) is 1.26. The van der Waals surface area contributed by atoms with Gasteiger partial charge < -0.3 is 5.73 Å². The molecule has 0 saturated carbocycles. The molecule has 0 aromatic carbocycles. The SMILES string of the molecule is C=CN=C(N=C)C(=N)N. The number of hydrogen-bond donors (Lipinski definition) is 2. The third-order valence-corrected chi connectivity index (χ3v) is 0.604. The average Bonchev–Trinajstić information content (AvgIpc) is 1.82. The molecule has 0 aliphatic heterocycles. The Morgan fingerprint density at radius 2 is 2.22 bits per heavy atom. The monoisotopic (exact) mass is 124 g/mol. The van der Waals surface area contributed by atoms with Gasteiger partial charge in [0.2, 0.25) is 0 Å². The Morgan fingerprint density at radius 1 is 1.67 bits per heavy atom. The van der Waals surface area contributed by atoms with E-state index in [4.69, 9.17) is 11.1 Å². The van der Waals surface area contributed by atoms with Gasteiger partial charge in [0.1, 0.15) is 0 Å². The van der Waals surface area contributed by atoms with Crippen molar-refractivity contribution >= 4 is 18.4 Å². The first-order chi connectivity index (χ1) is 4.22. The summed E-state index contributed by atoms with van der Waals surface area (Å²) in [5.41, 5.74) is 5.00. The highest BCUT2D eigenvalue weighted by Gasteiger charge is 1.94. The topological polar surface area (TPSA) is 74.6 Å². The molecule has 0 fully saturated rings. The summed E-state index contributed by atoms with van der Waals surface area (Å²) in [7, 11) is 0. The van der Waals surface area contributed by atoms with Crippen molar-refractivity contribution in [1.29, 1.82) is 5.41 Å². The minimum Gasteiger partial charge on any atom is -0.381 e. The molecular formula is C5H8N4. The van der Waals surface area contributed by atoms with Gasteiger partial charge in [-0.2, -0.15) is 0 Å². The number of rotatable bonds is 1. The third-order valence-electron chi connectivity index (χ3n) is 0.604. The van der Waals surface area contributed by atoms with Crippen LogP contribution < -0.4 is 5.73 Å². The summed E-state index contributed by atoms with van der Waals surface area (Å²) in [4.78, 5) is 6.90. The smallest absolute Gasteiger partial charge is 0.193 e. The molecule has 0 saturated heterocycles. The Labute approximate surface area is 53.3 Å². The van der Waals surface area contributed by atoms with Crippen LogP contribution in [-0.4, -0.2) is 18.4 Å². The molecule has 0 heterocycles. The first-order valence-corrected chi connectivity index (χ1v) is 2.22. The Morgan fingerprint density at radius 3 is 2.33 bits per heavy atom. The largest absolute Gasteiger partial charge is 0.381 e. The number of nitrogens with zero attached hydrogens (tertiary/aromatic N) is 2. The zero-order valence-electron chi connectivity index (χ0n) is 4.96. The van der Waals surface area contributed by atoms with Crippen LogP contribution >= 0.6 is 0 Å². The van der Waals surface area contributed by atoms with Crippen molar-refractivity contribution in [2.45, 2.75) is 0 Å². The van der Waals surface area contributed by atoms with E-state index in [2.05, 4.69) is 23.3 Å². The van der Waals surface area contributed by atoms with E-state index in [9.17, 15) is 0 Å². The fourth-order valence-electron chi connectivity index (χ4n) is 0.282. The van der Waals surface area contributed by atoms with Crippen molar-refractivity contribution < 1.29 is 0 Å². The molecule has 0 bridgehead atoms. The Kier molecular flexibility index (Phi) is 2.97. The van der Waals surface area contributed by atoms with E-state index in [1.165, 1.54) is 6.20 Å². The summed E-state index contributed by atoms with van der Waals surface area (Å²) in [5, 5.41) is 6.82. The quantitative estimate of drug-likeness (QED) is 0.379. The van der Waals surface area contributed by atoms with Crippen molar-refractivity contribution in [3.8, 4) is 0 Å². The highest BCUT2D eigenvalue weighted by atomic mass is 14.9. The fraction of sp³-hybridized carbons (Fsp3) is 0. The van der Waals surface area contributed by atoms with E-state index < -0.39 is 0 Å². The van der Waals surface area contributed by atoms with E-state index in [0.29, 0.717) is 0 Å². The number of aliphatic imine (C=N–C) groups is 2. The van der Waals surface area contributed by atoms with Crippen LogP contribution in [0.3, 0.4) is 0 Å². The van der Waals surface area contributed by atoms with Gasteiger partial charge in [-0.1, -0.05) is 6.58 Å². The summed E-state index contributed by atoms with van der Waals surface area (Å²) < 4.78 is 0. The minimum atomic E-state index is -0.204. The lowest BCUT2D eigenvalue weighted by Gasteiger charge is -1.90. The molecule has 0 radical (unpaired) electrons. The Bertz CT molecular complexity index is 168. The lowest BCUT2D eigenvalue weighted by molar-refractivity contribution is 1.44. The molecule has 48 valence electrons. The molecule has 0 rings (SSSR count). The molecule has 4 nitrogen and oxygen atoms in total. The third kappa shape index (κ3) is 2.38. The van der Waals surface area contributed by atoms with Crippen LogP contribution in [0.2, 0.25) is 0 Å². The van der Waals surface area contributed by atoms with Gasteiger partial charge in [-0.3, -0.25) is 5.41 Å². The van der Waals surface area contributed by atoms with E-state index >= 15 is 0 Å². The molecule has 0 atom stereocenters. The fourth-order valence-corrected chi connectivity index (χ4v) is 0.282. The molecule has 0 aliphatic carbocycles. The molecular weight excluding hydrogens is 116 g/mol. The van der Waals surface area contributed by atoms with Crippen LogP contribution in [0.5, 0.6) is 0 Å². The lowest BCUT2D eigenvalue weighted by Crippen LogP contribution is -2.19. The highest BCUT2D eigenvalue weighted by Crippen LogP contribution is 1.78. The van der Waals surface area contributed by atoms with Gasteiger partial charge in [0.15, 0.2) is 11.7 Å². The maximum Gasteiger partial charge on any atom is 0.193 e. The molecule has 0 aromatic heterocycles. The van der Waals surface area contributed by atoms with E-state index in [1.54, 1.807) is 0 Å². The summed E-state index contributed by atoms with van der Waals surface area (Å²) >= 11 is 0. The van der Waals surface area contributed by atoms with E-state index in [1.807, 2.05) is 0 Å². The predicted octanol–water partition coefficient (Wildman–Crippen LogP) is 0.165. The Balaban J connectivity index is 4.32. The van der Waals surface area contributed by atoms with Crippen LogP contribution in [0.1, 0.15) is 0 Å². The minimum absolute atomic E-state index is 0.102. The Hall–Kier alpha value is -1.45. The van der Waals surface area contributed by atoms with Crippen molar-refractivity contribution in [2.75, 3.05) is 0 Å². The van der Waals surface area contributed by atoms with Crippen LogP contribution in [0.15, 0.2) is 22.8 Å². The van der Waals surface area contributed by atoms with Gasteiger partial charge in [0.05, 0.1) is 0 Å². The first-order valence-electron chi connectivity index (χ1n) is 2.22. The van der Waals surface area contributed by atoms with Crippen LogP contribution in [0.25, 0.3) is 0 Å². The first kappa shape index (κ1) is 7.55. The molecule has 0 spiro atoms. The van der Waals surface area contributed by atoms with Crippen LogP contribution in [0.4, 0.5) is 0 Å². The summed E-state index contributed by atoms with van der Waals surface area (Å²) in [6, 6.07) is 0. The van der Waals surface area contributed by atoms with Crippen molar-refractivity contribution in [3.05, 3.63) is 12.8 Å². The molecule has 0 aliphatic rings. The zero-order chi connectivity index (χ0) is 7.28. The normalized spacial score (nSPS) is 10.4. The maximum atomic E-state index is 6.82. The molecule has 0 aromatic rings. The van der Waals surface area contributed by atoms with Gasteiger partial charge in [-0.15, -0.1) is 0 Å². The molecule has 9 heavy (non-hydrogen) atoms. The zero-order valence-corrected chi connectivity index (χ0v) is 4.96. The van der Waals surface area contributed by atoms with E-state index in [-0.39, 0.29) is 11.7 Å². The molecule has 0 amide bonds. The van der Waals surface area contributed by atoms with Crippen molar-refractivity contribution in [1.82, 2.24) is 0 Å². The van der Waals surface area contributed by atoms with E-state index in [0.717, 1.165) is 0 Å². The standard InChI is InChI=1S/C5H8N4/c1-3-9-5(8-2)4(6)7/h3H,1-2H2,(H3,6,7). The second kappa shape index (κ2) is 3.54. The molecule has 4 heteroatoms. The van der Waals surface area contributed by atoms with Crippen molar-refractivity contribution in [3.63, 3.8) is 0 Å². The highest BCUT2D eigenvalue weighted by molar-refractivity contribution is 6.39. The summed E-state index contributed by atoms with van der Waals surface area (Å²) in [6.45, 7) is 6.45. The van der Waals surface area contributed by atoms with Gasteiger partial charge >= 0.3 is 0 Å². The number of hydrogen-bond acceptors (Lipinski definition) is 2. The molecule has 3 N–H and O–H groups in total. The van der Waals surface area contributed by atoms with Gasteiger partial charge in [0, 0.05) is 6.20 Å². The average molecular weight is 124 g/mol. The van der Waals surface area contributed by atoms with Crippen LogP contribution in [-0.2, 0) is 0 Å². The predicted molar refractivity (Wildman–Crippen MR) is 39.1 cm³/mol. The molecule has 0 unspecified atom stereocenters. The second-order valence-electron chi connectivity index (χ2n) is 1.21. The van der Waals surface area contributed by atoms with Crippen molar-refractivity contribution in [2.24, 2.45) is 15.7 Å². The number of amidine groups is 2. The maximum absolute atomic E-state index is 6.82. The second-order valence-corrected chi connectivity index (χ2v) is 1.21. The lowest BCUT2D eigenvalue weighted by atomic mass is 10.5.